The molecule has 180 valence electrons. The van der Waals surface area contributed by atoms with E-state index in [0.29, 0.717) is 6.04 Å². The number of hydrogen-bond acceptors (Lipinski definition) is 2. The van der Waals surface area contributed by atoms with Crippen LogP contribution in [0, 0.1) is 0 Å². The van der Waals surface area contributed by atoms with Gasteiger partial charge in [0, 0.05) is 24.3 Å². The number of nitrogens with two attached hydrogens (primary N) is 1. The maximum atomic E-state index is 6.28. The molecular formula is C28H53N2P. The lowest BCUT2D eigenvalue weighted by Gasteiger charge is -2.33. The monoisotopic (exact) mass is 448 g/mol. The highest BCUT2D eigenvalue weighted by Crippen LogP contribution is 2.35. The van der Waals surface area contributed by atoms with Crippen LogP contribution < -0.4 is 5.73 Å². The Morgan fingerprint density at radius 2 is 1.74 bits per heavy atom. The second-order valence-electron chi connectivity index (χ2n) is 6.74. The number of hydrogen-bond donors (Lipinski definition) is 1. The molecule has 2 nitrogen and oxygen atoms in total. The molecule has 3 heteroatoms. The molecule has 0 spiro atoms. The van der Waals surface area contributed by atoms with Gasteiger partial charge in [0.25, 0.3) is 0 Å². The van der Waals surface area contributed by atoms with E-state index in [2.05, 4.69) is 77.6 Å². The zero-order valence-electron chi connectivity index (χ0n) is 22.0. The van der Waals surface area contributed by atoms with Crippen molar-refractivity contribution in [3.63, 3.8) is 0 Å². The van der Waals surface area contributed by atoms with Gasteiger partial charge in [-0.15, -0.1) is 9.24 Å². The molecular weight excluding hydrogens is 395 g/mol. The summed E-state index contributed by atoms with van der Waals surface area (Å²) in [6, 6.07) is 0.714. The van der Waals surface area contributed by atoms with Crippen molar-refractivity contribution in [2.45, 2.75) is 92.7 Å². The second kappa shape index (κ2) is 24.9. The predicted octanol–water partition coefficient (Wildman–Crippen LogP) is 8.22. The minimum Gasteiger partial charge on any atom is -0.368 e. The number of rotatable bonds is 10. The quantitative estimate of drug-likeness (QED) is 0.269. The van der Waals surface area contributed by atoms with Crippen molar-refractivity contribution in [2.24, 2.45) is 5.73 Å². The predicted molar refractivity (Wildman–Crippen MR) is 151 cm³/mol. The first-order valence-electron chi connectivity index (χ1n) is 12.1. The van der Waals surface area contributed by atoms with Gasteiger partial charge in [-0.2, -0.15) is 0 Å². The van der Waals surface area contributed by atoms with E-state index in [1.54, 1.807) is 0 Å². The van der Waals surface area contributed by atoms with E-state index in [4.69, 9.17) is 5.73 Å². The first-order chi connectivity index (χ1) is 15.1. The molecule has 0 heterocycles. The molecule has 0 saturated heterocycles. The van der Waals surface area contributed by atoms with E-state index in [1.807, 2.05) is 47.4 Å². The minimum atomic E-state index is 0.269. The van der Waals surface area contributed by atoms with Gasteiger partial charge in [-0.25, -0.2) is 0 Å². The molecule has 0 aliphatic heterocycles. The van der Waals surface area contributed by atoms with Crippen LogP contribution in [0.15, 0.2) is 72.5 Å². The van der Waals surface area contributed by atoms with Crippen molar-refractivity contribution in [2.75, 3.05) is 13.2 Å². The van der Waals surface area contributed by atoms with E-state index >= 15 is 0 Å². The Kier molecular flexibility index (Phi) is 27.5. The van der Waals surface area contributed by atoms with Crippen LogP contribution in [0.25, 0.3) is 0 Å². The minimum absolute atomic E-state index is 0.269. The second-order valence-corrected chi connectivity index (χ2v) is 6.74. The van der Waals surface area contributed by atoms with Gasteiger partial charge >= 0.3 is 0 Å². The van der Waals surface area contributed by atoms with Crippen LogP contribution in [0.4, 0.5) is 0 Å². The van der Waals surface area contributed by atoms with Crippen molar-refractivity contribution in [3.05, 3.63) is 72.5 Å². The summed E-state index contributed by atoms with van der Waals surface area (Å²) in [6.07, 6.45) is 19.9. The van der Waals surface area contributed by atoms with Gasteiger partial charge in [0.05, 0.1) is 0 Å². The third-order valence-electron chi connectivity index (χ3n) is 4.68. The highest BCUT2D eigenvalue weighted by molar-refractivity contribution is 7.15. The zero-order valence-corrected chi connectivity index (χ0v) is 23.1. The average molecular weight is 449 g/mol. The smallest absolute Gasteiger partial charge is 0.0370 e. The number of nitrogens with zero attached hydrogens (tertiary/aromatic N) is 1. The standard InChI is InChI=1S/C23H36N2.2C2H6.CH5P/c1-6-10-14-20-18-23(17-19(20)5)25(16-15-21(24)11-7-2)22(12-8-3)13-9-4;3*1-2/h6,8-10,12-14,21,23H,3,5,7,11,15-18,24H2,1-2,4H3;2*1-2H3;2H2,1H3/b10-6-,13-9-,20-14-,22-12+;;;. The van der Waals surface area contributed by atoms with E-state index in [0.717, 1.165) is 38.6 Å². The molecule has 31 heavy (non-hydrogen) atoms. The van der Waals surface area contributed by atoms with Crippen molar-refractivity contribution < 1.29 is 0 Å². The first-order valence-corrected chi connectivity index (χ1v) is 13.3. The highest BCUT2D eigenvalue weighted by atomic mass is 31.0. The fourth-order valence-electron chi connectivity index (χ4n) is 3.39. The summed E-state index contributed by atoms with van der Waals surface area (Å²) in [5.74, 6) is 0. The van der Waals surface area contributed by atoms with Crippen LogP contribution >= 0.6 is 9.24 Å². The third-order valence-corrected chi connectivity index (χ3v) is 4.68. The van der Waals surface area contributed by atoms with Gasteiger partial charge < -0.3 is 10.6 Å². The molecule has 1 aliphatic carbocycles. The Morgan fingerprint density at radius 1 is 1.13 bits per heavy atom. The topological polar surface area (TPSA) is 29.3 Å². The van der Waals surface area contributed by atoms with Crippen LogP contribution in [0.2, 0.25) is 0 Å². The summed E-state index contributed by atoms with van der Waals surface area (Å²) in [4.78, 5) is 2.50. The maximum Gasteiger partial charge on any atom is 0.0370 e. The maximum absolute atomic E-state index is 6.28. The van der Waals surface area contributed by atoms with Crippen LogP contribution in [-0.2, 0) is 0 Å². The van der Waals surface area contributed by atoms with E-state index in [1.165, 1.54) is 16.8 Å². The molecule has 1 rings (SSSR count). The molecule has 0 aromatic carbocycles. The summed E-state index contributed by atoms with van der Waals surface area (Å²) in [5.41, 5.74) is 10.1. The van der Waals surface area contributed by atoms with E-state index in [9.17, 15) is 0 Å². The molecule has 1 saturated carbocycles. The molecule has 2 N–H and O–H groups in total. The largest absolute Gasteiger partial charge is 0.368 e. The normalized spacial score (nSPS) is 18.0. The van der Waals surface area contributed by atoms with Gasteiger partial charge in [0.1, 0.15) is 0 Å². The molecule has 1 fully saturated rings. The Bertz CT molecular complexity index is 555. The Morgan fingerprint density at radius 3 is 2.23 bits per heavy atom. The van der Waals surface area contributed by atoms with Crippen LogP contribution in [0.3, 0.4) is 0 Å². The van der Waals surface area contributed by atoms with Crippen molar-refractivity contribution in [3.8, 4) is 0 Å². The summed E-state index contributed by atoms with van der Waals surface area (Å²) in [5, 5.41) is 0. The Labute approximate surface area is 198 Å². The SMILES string of the molecule is C=C/C=C(\C=C/C)N(CCC(N)CCC)C1CC(=C)/C(=C\C=C/C)C1.CC.CC.CP. The van der Waals surface area contributed by atoms with Crippen molar-refractivity contribution >= 4 is 9.24 Å². The molecule has 0 amide bonds. The molecule has 0 radical (unpaired) electrons. The lowest BCUT2D eigenvalue weighted by Crippen LogP contribution is -2.36. The van der Waals surface area contributed by atoms with Gasteiger partial charge in [0.2, 0.25) is 0 Å². The number of allylic oxidation sites excluding steroid dienone is 7. The highest BCUT2D eigenvalue weighted by Gasteiger charge is 2.28. The third kappa shape index (κ3) is 15.1. The lowest BCUT2D eigenvalue weighted by molar-refractivity contribution is 0.257. The fourth-order valence-corrected chi connectivity index (χ4v) is 3.39. The van der Waals surface area contributed by atoms with E-state index < -0.39 is 0 Å². The van der Waals surface area contributed by atoms with Crippen molar-refractivity contribution in [1.29, 1.82) is 0 Å². The van der Waals surface area contributed by atoms with Crippen LogP contribution in [0.1, 0.15) is 80.6 Å². The van der Waals surface area contributed by atoms with Gasteiger partial charge in [0.15, 0.2) is 0 Å². The lowest BCUT2D eigenvalue weighted by atomic mass is 10.1. The van der Waals surface area contributed by atoms with Gasteiger partial charge in [-0.3, -0.25) is 0 Å². The summed E-state index contributed by atoms with van der Waals surface area (Å²) in [7, 11) is 2.42. The Balaban J connectivity index is -0.00000120. The average Bonchev–Trinajstić information content (AvgIpc) is 3.17. The van der Waals surface area contributed by atoms with E-state index in [-0.39, 0.29) is 6.04 Å². The molecule has 0 aromatic rings. The van der Waals surface area contributed by atoms with Gasteiger partial charge in [-0.1, -0.05) is 91.2 Å². The summed E-state index contributed by atoms with van der Waals surface area (Å²) < 4.78 is 0. The molecule has 0 aromatic heterocycles. The Hall–Kier alpha value is -1.37. The van der Waals surface area contributed by atoms with Crippen LogP contribution in [-0.4, -0.2) is 30.2 Å². The molecule has 3 unspecified atom stereocenters. The van der Waals surface area contributed by atoms with Crippen LogP contribution in [0.5, 0.6) is 0 Å². The van der Waals surface area contributed by atoms with Crippen molar-refractivity contribution in [1.82, 2.24) is 4.90 Å². The zero-order chi connectivity index (χ0) is 24.7. The first kappa shape index (κ1) is 34.2. The molecule has 3 atom stereocenters. The fraction of sp³-hybridized carbons (Fsp3) is 0.571. The molecule has 0 bridgehead atoms. The summed E-state index contributed by atoms with van der Waals surface area (Å²) in [6.45, 7) is 25.4. The summed E-state index contributed by atoms with van der Waals surface area (Å²) >= 11 is 0. The van der Waals surface area contributed by atoms with Gasteiger partial charge in [-0.05, 0) is 62.8 Å². The molecule has 1 aliphatic rings.